The lowest BCUT2D eigenvalue weighted by atomic mass is 10.1. The average molecular weight is 482 g/mol. The molecule has 2 aromatic rings. The van der Waals surface area contributed by atoms with Crippen LogP contribution in [0, 0.1) is 6.92 Å². The molecule has 2 aliphatic heterocycles. The van der Waals surface area contributed by atoms with E-state index in [9.17, 15) is 13.2 Å². The summed E-state index contributed by atoms with van der Waals surface area (Å²) in [6.07, 6.45) is 1.71. The molecule has 0 aromatic heterocycles. The van der Waals surface area contributed by atoms with Gasteiger partial charge in [0.15, 0.2) is 0 Å². The minimum atomic E-state index is -3.61. The van der Waals surface area contributed by atoms with E-state index in [-0.39, 0.29) is 21.4 Å². The van der Waals surface area contributed by atoms with Gasteiger partial charge in [-0.05, 0) is 55.7 Å². The summed E-state index contributed by atoms with van der Waals surface area (Å²) in [5.74, 6) is -0.245. The summed E-state index contributed by atoms with van der Waals surface area (Å²) in [5.41, 5.74) is 2.43. The number of benzene rings is 2. The van der Waals surface area contributed by atoms with Gasteiger partial charge >= 0.3 is 0 Å². The number of carbonyl (C=O) groups is 1. The average Bonchev–Trinajstić information content (AvgIpc) is 3.31. The molecule has 1 amide bonds. The third-order valence-electron chi connectivity index (χ3n) is 5.95. The van der Waals surface area contributed by atoms with Crippen molar-refractivity contribution in [2.24, 2.45) is 0 Å². The Bertz CT molecular complexity index is 1090. The van der Waals surface area contributed by atoms with Gasteiger partial charge in [-0.3, -0.25) is 4.79 Å². The maximum Gasteiger partial charge on any atom is 0.255 e. The Labute approximate surface area is 193 Å². The van der Waals surface area contributed by atoms with Crippen LogP contribution >= 0.6 is 23.2 Å². The van der Waals surface area contributed by atoms with Gasteiger partial charge in [-0.1, -0.05) is 29.3 Å². The van der Waals surface area contributed by atoms with E-state index in [1.54, 1.807) is 4.90 Å². The molecule has 2 aliphatic rings. The molecule has 0 N–H and O–H groups in total. The molecule has 0 aliphatic carbocycles. The third-order valence-corrected chi connectivity index (χ3v) is 8.41. The van der Waals surface area contributed by atoms with Crippen molar-refractivity contribution >= 4 is 44.8 Å². The zero-order valence-electron chi connectivity index (χ0n) is 17.4. The van der Waals surface area contributed by atoms with Crippen LogP contribution in [-0.4, -0.2) is 62.8 Å². The van der Waals surface area contributed by atoms with E-state index >= 15 is 0 Å². The number of sulfonamides is 1. The lowest BCUT2D eigenvalue weighted by molar-refractivity contribution is 0.0746. The molecule has 0 radical (unpaired) electrons. The molecule has 0 saturated carbocycles. The number of rotatable bonds is 4. The first-order chi connectivity index (χ1) is 14.8. The Balaban J connectivity index is 1.51. The molecule has 2 fully saturated rings. The Hall–Kier alpha value is -1.80. The van der Waals surface area contributed by atoms with Crippen molar-refractivity contribution in [2.45, 2.75) is 24.7 Å². The lowest BCUT2D eigenvalue weighted by Gasteiger charge is -2.37. The summed E-state index contributed by atoms with van der Waals surface area (Å²) in [4.78, 5) is 17.2. The van der Waals surface area contributed by atoms with Crippen LogP contribution in [0.2, 0.25) is 10.0 Å². The van der Waals surface area contributed by atoms with Crippen LogP contribution < -0.4 is 4.90 Å². The first-order valence-electron chi connectivity index (χ1n) is 10.4. The minimum Gasteiger partial charge on any atom is -0.368 e. The highest BCUT2D eigenvalue weighted by molar-refractivity contribution is 7.89. The van der Waals surface area contributed by atoms with Crippen LogP contribution in [0.15, 0.2) is 41.3 Å². The smallest absolute Gasteiger partial charge is 0.255 e. The quantitative estimate of drug-likeness (QED) is 0.660. The highest BCUT2D eigenvalue weighted by Crippen LogP contribution is 2.28. The molecule has 0 bridgehead atoms. The summed E-state index contributed by atoms with van der Waals surface area (Å²) in [7, 11) is -3.61. The van der Waals surface area contributed by atoms with Crippen molar-refractivity contribution in [3.05, 3.63) is 57.6 Å². The number of hydrogen-bond acceptors (Lipinski definition) is 4. The topological polar surface area (TPSA) is 60.9 Å². The van der Waals surface area contributed by atoms with Crippen LogP contribution in [0.1, 0.15) is 28.8 Å². The van der Waals surface area contributed by atoms with Crippen molar-refractivity contribution in [1.29, 1.82) is 0 Å². The van der Waals surface area contributed by atoms with E-state index in [0.717, 1.165) is 24.1 Å². The fourth-order valence-electron chi connectivity index (χ4n) is 4.15. The van der Waals surface area contributed by atoms with E-state index in [2.05, 4.69) is 4.90 Å². The molecule has 2 saturated heterocycles. The summed E-state index contributed by atoms with van der Waals surface area (Å²) in [5, 5.41) is 0.945. The van der Waals surface area contributed by atoms with Gasteiger partial charge in [0.2, 0.25) is 10.0 Å². The van der Waals surface area contributed by atoms with Gasteiger partial charge in [0, 0.05) is 50.0 Å². The normalized spacial score (nSPS) is 17.9. The zero-order valence-corrected chi connectivity index (χ0v) is 19.7. The molecular weight excluding hydrogens is 457 g/mol. The number of piperazine rings is 1. The zero-order chi connectivity index (χ0) is 22.2. The lowest BCUT2D eigenvalue weighted by Crippen LogP contribution is -2.49. The Morgan fingerprint density at radius 1 is 0.903 bits per heavy atom. The molecule has 4 rings (SSSR count). The highest BCUT2D eigenvalue weighted by Gasteiger charge is 2.30. The predicted molar refractivity (Wildman–Crippen MR) is 124 cm³/mol. The molecule has 31 heavy (non-hydrogen) atoms. The van der Waals surface area contributed by atoms with Crippen molar-refractivity contribution in [3.8, 4) is 0 Å². The van der Waals surface area contributed by atoms with Gasteiger partial charge in [-0.2, -0.15) is 4.31 Å². The summed E-state index contributed by atoms with van der Waals surface area (Å²) in [6, 6.07) is 10.2. The van der Waals surface area contributed by atoms with Crippen molar-refractivity contribution in [3.63, 3.8) is 0 Å². The van der Waals surface area contributed by atoms with E-state index in [1.165, 1.54) is 22.5 Å². The van der Waals surface area contributed by atoms with Crippen LogP contribution in [0.5, 0.6) is 0 Å². The van der Waals surface area contributed by atoms with Gasteiger partial charge in [-0.25, -0.2) is 8.42 Å². The molecule has 2 aromatic carbocycles. The molecular formula is C22H25Cl2N3O3S. The first-order valence-corrected chi connectivity index (χ1v) is 12.6. The van der Waals surface area contributed by atoms with Gasteiger partial charge in [-0.15, -0.1) is 0 Å². The van der Waals surface area contributed by atoms with Gasteiger partial charge in [0.05, 0.1) is 15.5 Å². The van der Waals surface area contributed by atoms with Crippen LogP contribution in [0.4, 0.5) is 5.69 Å². The van der Waals surface area contributed by atoms with E-state index < -0.39 is 10.0 Å². The number of aryl methyl sites for hydroxylation is 1. The SMILES string of the molecule is Cc1ccc(Cl)cc1N1CCN(C(=O)c2cc(S(=O)(=O)N3CCCC3)ccc2Cl)CC1. The molecule has 9 heteroatoms. The largest absolute Gasteiger partial charge is 0.368 e. The molecule has 2 heterocycles. The maximum atomic E-state index is 13.2. The summed E-state index contributed by atoms with van der Waals surface area (Å²) >= 11 is 12.5. The monoisotopic (exact) mass is 481 g/mol. The molecule has 6 nitrogen and oxygen atoms in total. The van der Waals surface area contributed by atoms with Crippen molar-refractivity contribution < 1.29 is 13.2 Å². The minimum absolute atomic E-state index is 0.121. The second-order valence-corrected chi connectivity index (χ2v) is 10.7. The number of amides is 1. The third kappa shape index (κ3) is 4.55. The second kappa shape index (κ2) is 8.98. The number of nitrogens with zero attached hydrogens (tertiary/aromatic N) is 3. The van der Waals surface area contributed by atoms with E-state index in [0.29, 0.717) is 44.3 Å². The number of carbonyl (C=O) groups excluding carboxylic acids is 1. The van der Waals surface area contributed by atoms with Crippen LogP contribution in [0.25, 0.3) is 0 Å². The van der Waals surface area contributed by atoms with E-state index in [1.807, 2.05) is 25.1 Å². The summed E-state index contributed by atoms with van der Waals surface area (Å²) < 4.78 is 27.3. The molecule has 0 unspecified atom stereocenters. The predicted octanol–water partition coefficient (Wildman–Crippen LogP) is 4.05. The Morgan fingerprint density at radius 3 is 2.26 bits per heavy atom. The van der Waals surface area contributed by atoms with Gasteiger partial charge < -0.3 is 9.80 Å². The molecule has 0 atom stereocenters. The number of anilines is 1. The standard InChI is InChI=1S/C22H25Cl2N3O3S/c1-16-4-5-17(23)14-21(16)25-10-12-26(13-11-25)22(28)19-15-18(6-7-20(19)24)31(29,30)27-8-2-3-9-27/h4-7,14-15H,2-3,8-13H2,1H3. The maximum absolute atomic E-state index is 13.2. The number of halogens is 2. The number of hydrogen-bond donors (Lipinski definition) is 0. The van der Waals surface area contributed by atoms with Gasteiger partial charge in [0.25, 0.3) is 5.91 Å². The summed E-state index contributed by atoms with van der Waals surface area (Å²) in [6.45, 7) is 5.43. The second-order valence-electron chi connectivity index (χ2n) is 7.96. The molecule has 0 spiro atoms. The fourth-order valence-corrected chi connectivity index (χ4v) is 6.06. The fraction of sp³-hybridized carbons (Fsp3) is 0.409. The highest BCUT2D eigenvalue weighted by atomic mass is 35.5. The van der Waals surface area contributed by atoms with Crippen LogP contribution in [0.3, 0.4) is 0 Å². The van der Waals surface area contributed by atoms with E-state index in [4.69, 9.17) is 23.2 Å². The Kier molecular flexibility index (Phi) is 6.49. The first kappa shape index (κ1) is 22.4. The van der Waals surface area contributed by atoms with Crippen molar-refractivity contribution in [2.75, 3.05) is 44.2 Å². The Morgan fingerprint density at radius 2 is 1.58 bits per heavy atom. The van der Waals surface area contributed by atoms with Gasteiger partial charge in [0.1, 0.15) is 0 Å². The van der Waals surface area contributed by atoms with Crippen LogP contribution in [-0.2, 0) is 10.0 Å². The van der Waals surface area contributed by atoms with Crippen molar-refractivity contribution in [1.82, 2.24) is 9.21 Å². The molecule has 166 valence electrons.